The molecule has 28 heavy (non-hydrogen) atoms. The lowest BCUT2D eigenvalue weighted by atomic mass is 9.91. The molecule has 3 aromatic rings. The van der Waals surface area contributed by atoms with E-state index < -0.39 is 10.0 Å². The van der Waals surface area contributed by atoms with E-state index in [0.717, 1.165) is 53.7 Å². The number of fused-ring (bicyclic) bond motifs is 1. The van der Waals surface area contributed by atoms with Crippen LogP contribution < -0.4 is 10.0 Å². The Hall–Kier alpha value is -2.16. The van der Waals surface area contributed by atoms with Crippen LogP contribution in [0, 0.1) is 0 Å². The Balaban J connectivity index is 1.55. The van der Waals surface area contributed by atoms with E-state index in [2.05, 4.69) is 25.0 Å². The minimum atomic E-state index is -3.17. The summed E-state index contributed by atoms with van der Waals surface area (Å²) in [7, 11) is -3.17. The molecule has 9 heteroatoms. The number of H-pyrrole nitrogens is 1. The van der Waals surface area contributed by atoms with Gasteiger partial charge in [-0.05, 0) is 49.9 Å². The fourth-order valence-corrected chi connectivity index (χ4v) is 4.78. The Morgan fingerprint density at radius 1 is 1.11 bits per heavy atom. The Labute approximate surface area is 169 Å². The zero-order valence-corrected chi connectivity index (χ0v) is 17.0. The smallest absolute Gasteiger partial charge is 0.208 e. The van der Waals surface area contributed by atoms with Crippen LogP contribution in [0.1, 0.15) is 25.7 Å². The molecule has 7 nitrogen and oxygen atoms in total. The van der Waals surface area contributed by atoms with Gasteiger partial charge in [-0.15, -0.1) is 0 Å². The summed E-state index contributed by atoms with van der Waals surface area (Å²) in [5.41, 5.74) is 2.80. The summed E-state index contributed by atoms with van der Waals surface area (Å²) >= 11 is 6.16. The largest absolute Gasteiger partial charge is 0.367 e. The van der Waals surface area contributed by atoms with Gasteiger partial charge in [0, 0.05) is 41.0 Å². The number of sulfonamides is 1. The summed E-state index contributed by atoms with van der Waals surface area (Å²) in [6, 6.07) is 7.89. The number of anilines is 1. The Morgan fingerprint density at radius 3 is 2.61 bits per heavy atom. The van der Waals surface area contributed by atoms with Crippen LogP contribution in [0.25, 0.3) is 22.2 Å². The number of nitrogens with one attached hydrogen (secondary N) is 3. The van der Waals surface area contributed by atoms with Gasteiger partial charge >= 0.3 is 0 Å². The molecule has 0 aromatic carbocycles. The van der Waals surface area contributed by atoms with E-state index in [1.54, 1.807) is 12.3 Å². The molecule has 1 saturated carbocycles. The van der Waals surface area contributed by atoms with Crippen LogP contribution in [-0.4, -0.2) is 41.7 Å². The Morgan fingerprint density at radius 2 is 1.86 bits per heavy atom. The monoisotopic (exact) mass is 419 g/mol. The zero-order valence-electron chi connectivity index (χ0n) is 15.4. The van der Waals surface area contributed by atoms with Crippen LogP contribution >= 0.6 is 11.6 Å². The van der Waals surface area contributed by atoms with Crippen molar-refractivity contribution >= 4 is 38.5 Å². The van der Waals surface area contributed by atoms with E-state index >= 15 is 0 Å². The number of nitrogens with zero attached hydrogens (tertiary/aromatic N) is 2. The fourth-order valence-electron chi connectivity index (χ4n) is 3.79. The van der Waals surface area contributed by atoms with E-state index in [-0.39, 0.29) is 12.1 Å². The summed E-state index contributed by atoms with van der Waals surface area (Å²) in [6.07, 6.45) is 8.18. The summed E-state index contributed by atoms with van der Waals surface area (Å²) in [4.78, 5) is 12.1. The van der Waals surface area contributed by atoms with Crippen molar-refractivity contribution in [3.05, 3.63) is 41.8 Å². The molecular formula is C19H22ClN5O2S. The highest BCUT2D eigenvalue weighted by Crippen LogP contribution is 2.34. The second kappa shape index (κ2) is 7.69. The molecule has 0 spiro atoms. The number of halogens is 1. The fraction of sp³-hybridized carbons (Fsp3) is 0.368. The molecule has 0 bridgehead atoms. The minimum absolute atomic E-state index is 0.000433. The summed E-state index contributed by atoms with van der Waals surface area (Å²) in [6.45, 7) is 0. The molecular weight excluding hydrogens is 398 g/mol. The maximum absolute atomic E-state index is 11.4. The maximum Gasteiger partial charge on any atom is 0.208 e. The molecule has 0 radical (unpaired) electrons. The highest BCUT2D eigenvalue weighted by atomic mass is 35.5. The first-order chi connectivity index (χ1) is 13.4. The number of hydrogen-bond acceptors (Lipinski definition) is 5. The molecule has 0 unspecified atom stereocenters. The zero-order chi connectivity index (χ0) is 19.7. The number of hydrogen-bond donors (Lipinski definition) is 3. The van der Waals surface area contributed by atoms with Gasteiger partial charge in [-0.1, -0.05) is 11.6 Å². The van der Waals surface area contributed by atoms with Crippen LogP contribution in [0.2, 0.25) is 5.15 Å². The molecule has 3 heterocycles. The van der Waals surface area contributed by atoms with Gasteiger partial charge in [0.25, 0.3) is 0 Å². The molecule has 0 atom stereocenters. The summed E-state index contributed by atoms with van der Waals surface area (Å²) in [5.74, 6) is 0.733. The van der Waals surface area contributed by atoms with Crippen molar-refractivity contribution in [1.29, 1.82) is 0 Å². The van der Waals surface area contributed by atoms with Gasteiger partial charge in [0.15, 0.2) is 0 Å². The van der Waals surface area contributed by atoms with Gasteiger partial charge in [0.2, 0.25) is 10.0 Å². The van der Waals surface area contributed by atoms with Gasteiger partial charge in [0.05, 0.1) is 6.26 Å². The van der Waals surface area contributed by atoms with Crippen LogP contribution in [-0.2, 0) is 10.0 Å². The van der Waals surface area contributed by atoms with Crippen molar-refractivity contribution in [1.82, 2.24) is 19.7 Å². The summed E-state index contributed by atoms with van der Waals surface area (Å²) in [5, 5.41) is 4.97. The molecule has 148 valence electrons. The SMILES string of the molecule is CS(=O)(=O)NC1CCC(Nc2nc(Cl)ccc2-c2c[nH]c3ncccc23)CC1. The highest BCUT2D eigenvalue weighted by Gasteiger charge is 2.24. The third-order valence-electron chi connectivity index (χ3n) is 5.05. The lowest BCUT2D eigenvalue weighted by molar-refractivity contribution is 0.387. The molecule has 3 N–H and O–H groups in total. The third kappa shape index (κ3) is 4.29. The van der Waals surface area contributed by atoms with Crippen LogP contribution in [0.3, 0.4) is 0 Å². The molecule has 4 rings (SSSR count). The second-order valence-electron chi connectivity index (χ2n) is 7.21. The number of pyridine rings is 2. The van der Waals surface area contributed by atoms with E-state index in [9.17, 15) is 8.42 Å². The molecule has 0 aliphatic heterocycles. The molecule has 0 saturated heterocycles. The van der Waals surface area contributed by atoms with Crippen molar-refractivity contribution in [2.75, 3.05) is 11.6 Å². The van der Waals surface area contributed by atoms with Crippen molar-refractivity contribution < 1.29 is 8.42 Å². The molecule has 1 aliphatic rings. The average molecular weight is 420 g/mol. The van der Waals surface area contributed by atoms with Crippen molar-refractivity contribution in [2.24, 2.45) is 0 Å². The number of aromatic amines is 1. The first kappa shape index (κ1) is 19.2. The van der Waals surface area contributed by atoms with Crippen molar-refractivity contribution in [3.63, 3.8) is 0 Å². The molecule has 1 aliphatic carbocycles. The first-order valence-electron chi connectivity index (χ1n) is 9.22. The van der Waals surface area contributed by atoms with E-state index in [4.69, 9.17) is 11.6 Å². The van der Waals surface area contributed by atoms with E-state index in [1.165, 1.54) is 6.26 Å². The molecule has 1 fully saturated rings. The topological polar surface area (TPSA) is 99.8 Å². The average Bonchev–Trinajstić information content (AvgIpc) is 3.06. The van der Waals surface area contributed by atoms with E-state index in [1.807, 2.05) is 24.4 Å². The molecule has 3 aromatic heterocycles. The van der Waals surface area contributed by atoms with E-state index in [0.29, 0.717) is 5.15 Å². The van der Waals surface area contributed by atoms with Gasteiger partial charge in [-0.2, -0.15) is 0 Å². The van der Waals surface area contributed by atoms with Crippen LogP contribution in [0.5, 0.6) is 0 Å². The highest BCUT2D eigenvalue weighted by molar-refractivity contribution is 7.88. The predicted molar refractivity (Wildman–Crippen MR) is 112 cm³/mol. The number of rotatable bonds is 5. The molecule has 0 amide bonds. The van der Waals surface area contributed by atoms with Crippen LogP contribution in [0.15, 0.2) is 36.7 Å². The predicted octanol–water partition coefficient (Wildman–Crippen LogP) is 3.55. The van der Waals surface area contributed by atoms with Crippen molar-refractivity contribution in [3.8, 4) is 11.1 Å². The Kier molecular flexibility index (Phi) is 5.27. The summed E-state index contributed by atoms with van der Waals surface area (Å²) < 4.78 is 25.6. The quantitative estimate of drug-likeness (QED) is 0.549. The first-order valence-corrected chi connectivity index (χ1v) is 11.5. The Bertz CT molecular complexity index is 1090. The van der Waals surface area contributed by atoms with Gasteiger partial charge in [-0.25, -0.2) is 23.1 Å². The van der Waals surface area contributed by atoms with Crippen molar-refractivity contribution in [2.45, 2.75) is 37.8 Å². The van der Waals surface area contributed by atoms with Gasteiger partial charge in [0.1, 0.15) is 16.6 Å². The second-order valence-corrected chi connectivity index (χ2v) is 9.38. The minimum Gasteiger partial charge on any atom is -0.367 e. The third-order valence-corrected chi connectivity index (χ3v) is 6.02. The van der Waals surface area contributed by atoms with Gasteiger partial charge in [-0.3, -0.25) is 0 Å². The normalized spacial score (nSPS) is 20.4. The lowest BCUT2D eigenvalue weighted by Gasteiger charge is -2.30. The maximum atomic E-state index is 11.4. The standard InChI is InChI=1S/C19H22ClN5O2S/c1-28(26,27)25-13-6-4-12(5-7-13)23-19-15(8-9-17(20)24-19)16-11-22-18-14(16)3-2-10-21-18/h2-3,8-13,25H,4-7H2,1H3,(H,21,22)(H,23,24). The van der Waals surface area contributed by atoms with Crippen LogP contribution in [0.4, 0.5) is 5.82 Å². The van der Waals surface area contributed by atoms with Gasteiger partial charge < -0.3 is 10.3 Å². The number of aromatic nitrogens is 3. The lowest BCUT2D eigenvalue weighted by Crippen LogP contribution is -2.39.